The third-order valence-corrected chi connectivity index (χ3v) is 6.65. The lowest BCUT2D eigenvalue weighted by atomic mass is 9.82. The summed E-state index contributed by atoms with van der Waals surface area (Å²) in [6.07, 6.45) is 2.99. The zero-order valence-electron chi connectivity index (χ0n) is 14.3. The van der Waals surface area contributed by atoms with Gasteiger partial charge in [-0.25, -0.2) is 8.42 Å². The molecule has 0 radical (unpaired) electrons. The van der Waals surface area contributed by atoms with Crippen LogP contribution in [0.15, 0.2) is 18.2 Å². The summed E-state index contributed by atoms with van der Waals surface area (Å²) in [5, 5.41) is 0. The Morgan fingerprint density at radius 3 is 2.67 bits per heavy atom. The highest BCUT2D eigenvalue weighted by molar-refractivity contribution is 7.92. The van der Waals surface area contributed by atoms with Gasteiger partial charge in [-0.2, -0.15) is 0 Å². The number of carbonyl (C=O) groups excluding carboxylic acids is 1. The Morgan fingerprint density at radius 1 is 1.38 bits per heavy atom. The van der Waals surface area contributed by atoms with Crippen LogP contribution in [0.4, 0.5) is 11.4 Å². The average molecular weight is 352 g/mol. The van der Waals surface area contributed by atoms with E-state index in [4.69, 9.17) is 4.74 Å². The van der Waals surface area contributed by atoms with E-state index < -0.39 is 15.6 Å². The van der Waals surface area contributed by atoms with Crippen molar-refractivity contribution in [3.05, 3.63) is 23.8 Å². The van der Waals surface area contributed by atoms with E-state index in [1.54, 1.807) is 31.2 Å². The molecule has 1 atom stereocenters. The number of sulfonamides is 1. The molecule has 6 nitrogen and oxygen atoms in total. The van der Waals surface area contributed by atoms with Crippen LogP contribution in [0, 0.1) is 0 Å². The van der Waals surface area contributed by atoms with E-state index in [2.05, 4.69) is 4.72 Å². The van der Waals surface area contributed by atoms with Crippen LogP contribution in [0.25, 0.3) is 0 Å². The second-order valence-corrected chi connectivity index (χ2v) is 8.66. The predicted molar refractivity (Wildman–Crippen MR) is 93.9 cm³/mol. The number of fused-ring (bicyclic) bond motifs is 1. The third-order valence-electron chi connectivity index (χ3n) is 5.20. The number of hydrogen-bond donors (Lipinski definition) is 1. The van der Waals surface area contributed by atoms with E-state index >= 15 is 0 Å². The molecule has 24 heavy (non-hydrogen) atoms. The van der Waals surface area contributed by atoms with Crippen molar-refractivity contribution in [2.24, 2.45) is 0 Å². The van der Waals surface area contributed by atoms with E-state index in [1.165, 1.54) is 0 Å². The highest BCUT2D eigenvalue weighted by atomic mass is 32.2. The molecule has 1 aromatic rings. The number of hydrogen-bond acceptors (Lipinski definition) is 4. The lowest BCUT2D eigenvalue weighted by Crippen LogP contribution is -2.46. The van der Waals surface area contributed by atoms with Crippen molar-refractivity contribution in [3.8, 4) is 0 Å². The van der Waals surface area contributed by atoms with Gasteiger partial charge in [-0.05, 0) is 48.9 Å². The molecule has 0 aromatic heterocycles. The van der Waals surface area contributed by atoms with Crippen LogP contribution in [0.3, 0.4) is 0 Å². The molecule has 1 amide bonds. The molecule has 0 saturated heterocycles. The summed E-state index contributed by atoms with van der Waals surface area (Å²) in [5.41, 5.74) is 1.82. The van der Waals surface area contributed by atoms with Crippen LogP contribution in [0.1, 0.15) is 44.1 Å². The van der Waals surface area contributed by atoms with Crippen molar-refractivity contribution in [2.75, 3.05) is 29.5 Å². The average Bonchev–Trinajstić information content (AvgIpc) is 2.48. The number of nitrogens with one attached hydrogen (secondary N) is 1. The summed E-state index contributed by atoms with van der Waals surface area (Å²) in [4.78, 5) is 13.5. The van der Waals surface area contributed by atoms with Crippen molar-refractivity contribution < 1.29 is 17.9 Å². The summed E-state index contributed by atoms with van der Waals surface area (Å²) >= 11 is 0. The molecular weight excluding hydrogens is 328 g/mol. The first-order chi connectivity index (χ1) is 11.3. The molecule has 3 rings (SSSR count). The third kappa shape index (κ3) is 3.15. The monoisotopic (exact) mass is 352 g/mol. The first-order valence-corrected chi connectivity index (χ1v) is 9.87. The number of rotatable bonds is 5. The van der Waals surface area contributed by atoms with E-state index in [0.29, 0.717) is 12.1 Å². The van der Waals surface area contributed by atoms with Gasteiger partial charge in [0.25, 0.3) is 0 Å². The largest absolute Gasteiger partial charge is 0.377 e. The zero-order chi connectivity index (χ0) is 17.5. The van der Waals surface area contributed by atoms with Crippen molar-refractivity contribution >= 4 is 27.3 Å². The van der Waals surface area contributed by atoms with Crippen molar-refractivity contribution in [1.29, 1.82) is 0 Å². The quantitative estimate of drug-likeness (QED) is 0.883. The van der Waals surface area contributed by atoms with Gasteiger partial charge < -0.3 is 9.64 Å². The normalized spacial score (nSPS) is 22.7. The summed E-state index contributed by atoms with van der Waals surface area (Å²) in [7, 11) is -0.172. The number of anilines is 2. The minimum atomic E-state index is -3.49. The molecule has 1 aliphatic heterocycles. The molecule has 0 spiro atoms. The Balaban J connectivity index is 1.81. The Labute approximate surface area is 143 Å². The highest BCUT2D eigenvalue weighted by Gasteiger charge is 2.41. The van der Waals surface area contributed by atoms with Crippen molar-refractivity contribution in [1.82, 2.24) is 0 Å². The topological polar surface area (TPSA) is 75.7 Å². The predicted octanol–water partition coefficient (Wildman–Crippen LogP) is 2.47. The standard InChI is InChI=1S/C17H24N2O4S/c1-12-9-16(20)19(2)15-6-5-13(10-14(12)15)18-24(21,22)11-17(23-3)7-4-8-17/h5-6,10,12,18H,4,7-9,11H2,1-3H3. The first-order valence-electron chi connectivity index (χ1n) is 8.21. The summed E-state index contributed by atoms with van der Waals surface area (Å²) < 4.78 is 33.0. The summed E-state index contributed by atoms with van der Waals surface area (Å²) in [5.74, 6) is 0.127. The van der Waals surface area contributed by atoms with Gasteiger partial charge in [0.05, 0.1) is 11.4 Å². The van der Waals surface area contributed by atoms with Gasteiger partial charge >= 0.3 is 0 Å². The second-order valence-electron chi connectivity index (χ2n) is 6.93. The number of benzene rings is 1. The molecule has 1 fully saturated rings. The number of nitrogens with zero attached hydrogens (tertiary/aromatic N) is 1. The van der Waals surface area contributed by atoms with E-state index in [1.807, 2.05) is 13.0 Å². The minimum Gasteiger partial charge on any atom is -0.377 e. The maximum absolute atomic E-state index is 12.5. The van der Waals surface area contributed by atoms with Crippen molar-refractivity contribution in [2.45, 2.75) is 44.1 Å². The summed E-state index contributed by atoms with van der Waals surface area (Å²) in [6, 6.07) is 5.34. The lowest BCUT2D eigenvalue weighted by molar-refractivity contribution is -0.119. The molecule has 0 bridgehead atoms. The SMILES string of the molecule is COC1(CS(=O)(=O)Nc2ccc3c(c2)C(C)CC(=O)N3C)CCC1. The van der Waals surface area contributed by atoms with E-state index in [-0.39, 0.29) is 17.6 Å². The summed E-state index contributed by atoms with van der Waals surface area (Å²) in [6.45, 7) is 1.98. The van der Waals surface area contributed by atoms with Gasteiger partial charge in [-0.15, -0.1) is 0 Å². The lowest BCUT2D eigenvalue weighted by Gasteiger charge is -2.40. The van der Waals surface area contributed by atoms with Crippen LogP contribution in [0.2, 0.25) is 0 Å². The van der Waals surface area contributed by atoms with Gasteiger partial charge in [-0.3, -0.25) is 9.52 Å². The Hall–Kier alpha value is -1.60. The number of amides is 1. The number of carbonyl (C=O) groups is 1. The van der Waals surface area contributed by atoms with Gasteiger partial charge in [0.1, 0.15) is 0 Å². The molecule has 1 N–H and O–H groups in total. The van der Waals surface area contributed by atoms with Crippen LogP contribution in [-0.4, -0.2) is 39.8 Å². The number of methoxy groups -OCH3 is 1. The van der Waals surface area contributed by atoms with Crippen molar-refractivity contribution in [3.63, 3.8) is 0 Å². The molecule has 1 unspecified atom stereocenters. The molecule has 1 saturated carbocycles. The molecule has 1 aliphatic carbocycles. The Bertz CT molecular complexity index is 750. The second kappa shape index (κ2) is 6.04. The van der Waals surface area contributed by atoms with E-state index in [0.717, 1.165) is 30.5 Å². The Morgan fingerprint density at radius 2 is 2.08 bits per heavy atom. The molecule has 2 aliphatic rings. The molecule has 1 aromatic carbocycles. The number of ether oxygens (including phenoxy) is 1. The smallest absolute Gasteiger partial charge is 0.235 e. The molecule has 132 valence electrons. The van der Waals surface area contributed by atoms with Gasteiger partial charge in [0.2, 0.25) is 15.9 Å². The fraction of sp³-hybridized carbons (Fsp3) is 0.588. The van der Waals surface area contributed by atoms with Crippen LogP contribution in [-0.2, 0) is 19.6 Å². The first kappa shape index (κ1) is 17.2. The van der Waals surface area contributed by atoms with Gasteiger partial charge in [0, 0.05) is 32.0 Å². The zero-order valence-corrected chi connectivity index (χ0v) is 15.1. The minimum absolute atomic E-state index is 0.0263. The van der Waals surface area contributed by atoms with Crippen LogP contribution >= 0.6 is 0 Å². The fourth-order valence-corrected chi connectivity index (χ4v) is 5.16. The van der Waals surface area contributed by atoms with E-state index in [9.17, 15) is 13.2 Å². The highest BCUT2D eigenvalue weighted by Crippen LogP contribution is 2.38. The van der Waals surface area contributed by atoms with Crippen LogP contribution < -0.4 is 9.62 Å². The maximum Gasteiger partial charge on any atom is 0.235 e. The van der Waals surface area contributed by atoms with Gasteiger partial charge in [-0.1, -0.05) is 6.92 Å². The molecular formula is C17H24N2O4S. The molecule has 1 heterocycles. The molecule has 7 heteroatoms. The van der Waals surface area contributed by atoms with Crippen LogP contribution in [0.5, 0.6) is 0 Å². The van der Waals surface area contributed by atoms with Gasteiger partial charge in [0.15, 0.2) is 0 Å². The maximum atomic E-state index is 12.5. The fourth-order valence-electron chi connectivity index (χ4n) is 3.50. The Kier molecular flexibility index (Phi) is 4.34.